The molecule has 94 valence electrons. The highest BCUT2D eigenvalue weighted by atomic mass is 19.1. The lowest BCUT2D eigenvalue weighted by molar-refractivity contribution is 0.0690. The zero-order valence-electron chi connectivity index (χ0n) is 9.59. The number of rotatable bonds is 3. The minimum absolute atomic E-state index is 0.115. The summed E-state index contributed by atoms with van der Waals surface area (Å²) in [6, 6.07) is 1.29. The zero-order valence-corrected chi connectivity index (χ0v) is 9.59. The zero-order chi connectivity index (χ0) is 13.2. The summed E-state index contributed by atoms with van der Waals surface area (Å²) in [4.78, 5) is 21.9. The third-order valence-electron chi connectivity index (χ3n) is 2.33. The molecule has 1 aliphatic rings. The van der Waals surface area contributed by atoms with E-state index in [1.54, 1.807) is 6.08 Å². The van der Waals surface area contributed by atoms with Crippen molar-refractivity contribution in [1.82, 2.24) is 9.97 Å². The van der Waals surface area contributed by atoms with Crippen molar-refractivity contribution in [1.29, 1.82) is 0 Å². The number of aliphatic imine (C=N–C) groups is 1. The molecule has 1 aromatic heterocycles. The van der Waals surface area contributed by atoms with E-state index in [9.17, 15) is 9.18 Å². The number of dihydropyridines is 1. The monoisotopic (exact) mass is 250 g/mol. The van der Waals surface area contributed by atoms with Gasteiger partial charge in [-0.1, -0.05) is 6.08 Å². The average Bonchev–Trinajstić information content (AvgIpc) is 2.32. The van der Waals surface area contributed by atoms with Gasteiger partial charge < -0.3 is 10.4 Å². The van der Waals surface area contributed by atoms with Crippen LogP contribution >= 0.6 is 0 Å². The number of nitrogens with zero attached hydrogens (tertiary/aromatic N) is 3. The van der Waals surface area contributed by atoms with Crippen LogP contribution in [0.3, 0.4) is 0 Å². The first-order valence-corrected chi connectivity index (χ1v) is 5.23. The molecule has 2 N–H and O–H groups in total. The highest BCUT2D eigenvalue weighted by molar-refractivity contribution is 5.87. The fourth-order valence-corrected chi connectivity index (χ4v) is 1.38. The van der Waals surface area contributed by atoms with E-state index >= 15 is 0 Å². The molecule has 0 aromatic carbocycles. The molecule has 18 heavy (non-hydrogen) atoms. The number of carboxylic acids is 1. The second-order valence-electron chi connectivity index (χ2n) is 3.98. The molecular weight excluding hydrogens is 239 g/mol. The van der Waals surface area contributed by atoms with Crippen molar-refractivity contribution >= 4 is 18.0 Å². The smallest absolute Gasteiger partial charge is 0.354 e. The summed E-state index contributed by atoms with van der Waals surface area (Å²) >= 11 is 0. The number of hydrogen-bond donors (Lipinski definition) is 2. The van der Waals surface area contributed by atoms with Gasteiger partial charge in [-0.25, -0.2) is 19.2 Å². The number of aromatic carboxylic acids is 1. The van der Waals surface area contributed by atoms with E-state index in [0.717, 1.165) is 6.33 Å². The lowest BCUT2D eigenvalue weighted by Gasteiger charge is -2.18. The van der Waals surface area contributed by atoms with Gasteiger partial charge in [-0.05, 0) is 6.92 Å². The average molecular weight is 250 g/mol. The van der Waals surface area contributed by atoms with Gasteiger partial charge in [-0.2, -0.15) is 0 Å². The molecule has 0 bridgehead atoms. The van der Waals surface area contributed by atoms with Crippen LogP contribution in [0.15, 0.2) is 29.2 Å². The topological polar surface area (TPSA) is 87.5 Å². The Morgan fingerprint density at radius 3 is 2.94 bits per heavy atom. The Labute approximate surface area is 102 Å². The lowest BCUT2D eigenvalue weighted by atomic mass is 10.1. The van der Waals surface area contributed by atoms with Crippen LogP contribution in [0.1, 0.15) is 23.8 Å². The van der Waals surface area contributed by atoms with Crippen molar-refractivity contribution in [3.63, 3.8) is 0 Å². The second kappa shape index (κ2) is 4.52. The van der Waals surface area contributed by atoms with Crippen molar-refractivity contribution in [3.05, 3.63) is 29.9 Å². The Balaban J connectivity index is 2.12. The van der Waals surface area contributed by atoms with E-state index in [1.807, 2.05) is 0 Å². The molecule has 1 aliphatic heterocycles. The molecule has 0 radical (unpaired) electrons. The summed E-state index contributed by atoms with van der Waals surface area (Å²) in [5.74, 6) is -2.39. The Morgan fingerprint density at radius 1 is 1.56 bits per heavy atom. The van der Waals surface area contributed by atoms with E-state index in [1.165, 1.54) is 19.2 Å². The van der Waals surface area contributed by atoms with Crippen molar-refractivity contribution in [2.24, 2.45) is 4.99 Å². The first-order chi connectivity index (χ1) is 8.46. The predicted octanol–water partition coefficient (Wildman–Crippen LogP) is 1.63. The number of alkyl halides is 1. The Bertz CT molecular complexity index is 540. The van der Waals surface area contributed by atoms with Crippen LogP contribution in [0.2, 0.25) is 0 Å². The van der Waals surface area contributed by atoms with Gasteiger partial charge in [0.2, 0.25) is 5.79 Å². The van der Waals surface area contributed by atoms with Crippen molar-refractivity contribution in [2.45, 2.75) is 19.1 Å². The van der Waals surface area contributed by atoms with Gasteiger partial charge >= 0.3 is 5.97 Å². The SMILES string of the molecule is CC1(F)CC=C(Nc2cc(C(=O)O)ncn2)C=N1. The molecule has 0 amide bonds. The molecule has 0 saturated heterocycles. The van der Waals surface area contributed by atoms with E-state index in [-0.39, 0.29) is 12.1 Å². The predicted molar refractivity (Wildman–Crippen MR) is 63.3 cm³/mol. The fraction of sp³-hybridized carbons (Fsp3) is 0.273. The molecule has 2 heterocycles. The van der Waals surface area contributed by atoms with E-state index in [2.05, 4.69) is 20.3 Å². The molecule has 6 nitrogen and oxygen atoms in total. The van der Waals surface area contributed by atoms with E-state index in [0.29, 0.717) is 11.5 Å². The molecule has 0 aliphatic carbocycles. The van der Waals surface area contributed by atoms with Crippen LogP contribution in [0.25, 0.3) is 0 Å². The summed E-state index contributed by atoms with van der Waals surface area (Å²) in [5.41, 5.74) is 0.455. The number of anilines is 1. The van der Waals surface area contributed by atoms with Gasteiger partial charge in [0.05, 0.1) is 5.70 Å². The standard InChI is InChI=1S/C11H11FN4O2/c1-11(12)3-2-7(5-15-11)16-9-4-8(10(17)18)13-6-14-9/h2,4-6H,3H2,1H3,(H,17,18)(H,13,14,16). The summed E-state index contributed by atoms with van der Waals surface area (Å²) in [7, 11) is 0. The minimum atomic E-state index is -1.58. The summed E-state index contributed by atoms with van der Waals surface area (Å²) in [6.45, 7) is 1.38. The molecule has 1 aromatic rings. The maximum Gasteiger partial charge on any atom is 0.354 e. The molecule has 7 heteroatoms. The largest absolute Gasteiger partial charge is 0.477 e. The van der Waals surface area contributed by atoms with Gasteiger partial charge in [0.25, 0.3) is 0 Å². The molecule has 0 fully saturated rings. The van der Waals surface area contributed by atoms with Crippen LogP contribution in [-0.2, 0) is 0 Å². The summed E-state index contributed by atoms with van der Waals surface area (Å²) in [6.07, 6.45) is 4.29. The molecule has 1 atom stereocenters. The first kappa shape index (κ1) is 12.2. The molecular formula is C11H11FN4O2. The number of hydrogen-bond acceptors (Lipinski definition) is 5. The van der Waals surface area contributed by atoms with Crippen molar-refractivity contribution in [3.8, 4) is 0 Å². The number of halogens is 1. The van der Waals surface area contributed by atoms with Gasteiger partial charge in [0.1, 0.15) is 12.1 Å². The second-order valence-corrected chi connectivity index (χ2v) is 3.98. The van der Waals surface area contributed by atoms with Crippen LogP contribution in [0, 0.1) is 0 Å². The normalized spacial score (nSPS) is 22.4. The maximum atomic E-state index is 13.4. The lowest BCUT2D eigenvalue weighted by Crippen LogP contribution is -2.19. The quantitative estimate of drug-likeness (QED) is 0.796. The highest BCUT2D eigenvalue weighted by Crippen LogP contribution is 2.22. The van der Waals surface area contributed by atoms with E-state index in [4.69, 9.17) is 5.11 Å². The molecule has 0 saturated carbocycles. The van der Waals surface area contributed by atoms with Crippen LogP contribution in [-0.4, -0.2) is 33.1 Å². The molecule has 0 spiro atoms. The highest BCUT2D eigenvalue weighted by Gasteiger charge is 2.22. The summed E-state index contributed by atoms with van der Waals surface area (Å²) in [5, 5.41) is 11.6. The molecule has 1 unspecified atom stereocenters. The number of carboxylic acid groups (broad SMARTS) is 1. The minimum Gasteiger partial charge on any atom is -0.477 e. The number of nitrogens with one attached hydrogen (secondary N) is 1. The molecule has 2 rings (SSSR count). The van der Waals surface area contributed by atoms with Crippen molar-refractivity contribution in [2.75, 3.05) is 5.32 Å². The van der Waals surface area contributed by atoms with Gasteiger partial charge in [-0.3, -0.25) is 4.99 Å². The van der Waals surface area contributed by atoms with Gasteiger partial charge in [-0.15, -0.1) is 0 Å². The third-order valence-corrected chi connectivity index (χ3v) is 2.33. The van der Waals surface area contributed by atoms with E-state index < -0.39 is 11.8 Å². The van der Waals surface area contributed by atoms with Crippen molar-refractivity contribution < 1.29 is 14.3 Å². The number of aromatic nitrogens is 2. The van der Waals surface area contributed by atoms with Crippen LogP contribution in [0.4, 0.5) is 10.2 Å². The summed E-state index contributed by atoms with van der Waals surface area (Å²) < 4.78 is 13.4. The van der Waals surface area contributed by atoms with Gasteiger partial charge in [0, 0.05) is 18.7 Å². The van der Waals surface area contributed by atoms with Gasteiger partial charge in [0.15, 0.2) is 5.69 Å². The fourth-order valence-electron chi connectivity index (χ4n) is 1.38. The Kier molecular flexibility index (Phi) is 3.05. The Morgan fingerprint density at radius 2 is 2.33 bits per heavy atom. The maximum absolute atomic E-state index is 13.4. The van der Waals surface area contributed by atoms with Crippen LogP contribution in [0.5, 0.6) is 0 Å². The number of carbonyl (C=O) groups is 1. The first-order valence-electron chi connectivity index (χ1n) is 5.23. The van der Waals surface area contributed by atoms with Crippen LogP contribution < -0.4 is 5.32 Å². The number of allylic oxidation sites excluding steroid dienone is 1. The third kappa shape index (κ3) is 2.88. The Hall–Kier alpha value is -2.31.